The molecule has 2 heterocycles. The van der Waals surface area contributed by atoms with Crippen molar-refractivity contribution in [1.29, 1.82) is 0 Å². The van der Waals surface area contributed by atoms with Crippen LogP contribution < -0.4 is 15.8 Å². The predicted molar refractivity (Wildman–Crippen MR) is 73.4 cm³/mol. The van der Waals surface area contributed by atoms with E-state index in [2.05, 4.69) is 10.3 Å². The molecule has 1 aliphatic heterocycles. The monoisotopic (exact) mass is 263 g/mol. The van der Waals surface area contributed by atoms with Gasteiger partial charge >= 0.3 is 0 Å². The SMILES string of the molecule is Cc1cc(OCC2CCCCN2)c(C(N)=O)c(C)n1. The highest BCUT2D eigenvalue weighted by Crippen LogP contribution is 2.22. The Morgan fingerprint density at radius 2 is 2.32 bits per heavy atom. The van der Waals surface area contributed by atoms with Crippen LogP contribution in [0.15, 0.2) is 6.07 Å². The summed E-state index contributed by atoms with van der Waals surface area (Å²) in [5.74, 6) is 0.0569. The third kappa shape index (κ3) is 3.44. The summed E-state index contributed by atoms with van der Waals surface area (Å²) in [6, 6.07) is 2.12. The van der Waals surface area contributed by atoms with Crippen molar-refractivity contribution in [3.8, 4) is 5.75 Å². The lowest BCUT2D eigenvalue weighted by molar-refractivity contribution is 0.0994. The van der Waals surface area contributed by atoms with E-state index in [1.54, 1.807) is 13.0 Å². The number of nitrogens with two attached hydrogens (primary N) is 1. The molecule has 0 radical (unpaired) electrons. The van der Waals surface area contributed by atoms with Crippen molar-refractivity contribution in [3.63, 3.8) is 0 Å². The summed E-state index contributed by atoms with van der Waals surface area (Å²) in [7, 11) is 0. The molecule has 1 amide bonds. The van der Waals surface area contributed by atoms with Crippen LogP contribution >= 0.6 is 0 Å². The standard InChI is InChI=1S/C14H21N3O2/c1-9-7-12(13(14(15)18)10(2)17-9)19-8-11-5-3-4-6-16-11/h7,11,16H,3-6,8H2,1-2H3,(H2,15,18). The number of hydrogen-bond donors (Lipinski definition) is 2. The van der Waals surface area contributed by atoms with Crippen molar-refractivity contribution in [3.05, 3.63) is 23.0 Å². The zero-order chi connectivity index (χ0) is 13.8. The number of aryl methyl sites for hydroxylation is 2. The maximum atomic E-state index is 11.5. The number of ether oxygens (including phenoxy) is 1. The summed E-state index contributed by atoms with van der Waals surface area (Å²) in [5, 5.41) is 3.41. The molecule has 1 unspecified atom stereocenters. The van der Waals surface area contributed by atoms with Gasteiger partial charge in [-0.1, -0.05) is 6.42 Å². The van der Waals surface area contributed by atoms with Crippen molar-refractivity contribution in [2.24, 2.45) is 5.73 Å². The van der Waals surface area contributed by atoms with Gasteiger partial charge in [-0.2, -0.15) is 0 Å². The Bertz CT molecular complexity index is 468. The molecule has 104 valence electrons. The normalized spacial score (nSPS) is 19.2. The number of aromatic nitrogens is 1. The molecule has 1 aromatic heterocycles. The second-order valence-electron chi connectivity index (χ2n) is 5.04. The van der Waals surface area contributed by atoms with Gasteiger partial charge in [0, 0.05) is 17.8 Å². The first-order chi connectivity index (χ1) is 9.08. The van der Waals surface area contributed by atoms with Crippen molar-refractivity contribution in [2.75, 3.05) is 13.2 Å². The number of carbonyl (C=O) groups excluding carboxylic acids is 1. The van der Waals surface area contributed by atoms with Crippen LogP contribution in [0.25, 0.3) is 0 Å². The van der Waals surface area contributed by atoms with Crippen LogP contribution in [-0.2, 0) is 0 Å². The number of carbonyl (C=O) groups is 1. The van der Waals surface area contributed by atoms with Crippen molar-refractivity contribution in [2.45, 2.75) is 39.2 Å². The van der Waals surface area contributed by atoms with Crippen molar-refractivity contribution in [1.82, 2.24) is 10.3 Å². The van der Waals surface area contributed by atoms with Crippen LogP contribution in [0.2, 0.25) is 0 Å². The minimum absolute atomic E-state index is 0.350. The lowest BCUT2D eigenvalue weighted by atomic mass is 10.1. The van der Waals surface area contributed by atoms with Gasteiger partial charge in [0.25, 0.3) is 5.91 Å². The Balaban J connectivity index is 2.12. The van der Waals surface area contributed by atoms with E-state index in [4.69, 9.17) is 10.5 Å². The largest absolute Gasteiger partial charge is 0.491 e. The van der Waals surface area contributed by atoms with Gasteiger partial charge < -0.3 is 15.8 Å². The highest BCUT2D eigenvalue weighted by molar-refractivity contribution is 5.96. The average Bonchev–Trinajstić information content (AvgIpc) is 2.36. The number of hydrogen-bond acceptors (Lipinski definition) is 4. The van der Waals surface area contributed by atoms with Crippen LogP contribution in [0, 0.1) is 13.8 Å². The molecule has 1 aromatic rings. The molecule has 5 heteroatoms. The van der Waals surface area contributed by atoms with Gasteiger partial charge in [0.05, 0.1) is 5.69 Å². The third-order valence-corrected chi connectivity index (χ3v) is 3.39. The molecule has 0 aliphatic carbocycles. The first-order valence-electron chi connectivity index (χ1n) is 6.72. The van der Waals surface area contributed by atoms with Gasteiger partial charge in [-0.15, -0.1) is 0 Å². The van der Waals surface area contributed by atoms with Crippen LogP contribution in [0.1, 0.15) is 41.0 Å². The number of primary amides is 1. The quantitative estimate of drug-likeness (QED) is 0.859. The first kappa shape index (κ1) is 13.8. The number of rotatable bonds is 4. The highest BCUT2D eigenvalue weighted by atomic mass is 16.5. The summed E-state index contributed by atoms with van der Waals surface area (Å²) in [6.07, 6.45) is 3.55. The van der Waals surface area contributed by atoms with E-state index in [0.29, 0.717) is 29.7 Å². The summed E-state index contributed by atoms with van der Waals surface area (Å²) in [6.45, 7) is 5.25. The molecule has 1 saturated heterocycles. The topological polar surface area (TPSA) is 77.2 Å². The van der Waals surface area contributed by atoms with Gasteiger partial charge in [0.1, 0.15) is 17.9 Å². The maximum absolute atomic E-state index is 11.5. The fourth-order valence-electron chi connectivity index (χ4n) is 2.46. The number of pyridine rings is 1. The van der Waals surface area contributed by atoms with Gasteiger partial charge in [0.15, 0.2) is 0 Å². The second-order valence-corrected chi connectivity index (χ2v) is 5.04. The van der Waals surface area contributed by atoms with Crippen LogP contribution in [-0.4, -0.2) is 30.1 Å². The van der Waals surface area contributed by atoms with E-state index in [9.17, 15) is 4.79 Å². The first-order valence-corrected chi connectivity index (χ1v) is 6.72. The lowest BCUT2D eigenvalue weighted by Gasteiger charge is -2.24. The van der Waals surface area contributed by atoms with Gasteiger partial charge in [0.2, 0.25) is 0 Å². The Kier molecular flexibility index (Phi) is 4.37. The van der Waals surface area contributed by atoms with Crippen LogP contribution in [0.5, 0.6) is 5.75 Å². The second kappa shape index (κ2) is 6.02. The van der Waals surface area contributed by atoms with Gasteiger partial charge in [-0.05, 0) is 33.2 Å². The molecular weight excluding hydrogens is 242 g/mol. The summed E-state index contributed by atoms with van der Waals surface area (Å²) < 4.78 is 5.80. The summed E-state index contributed by atoms with van der Waals surface area (Å²) in [5.41, 5.74) is 7.24. The van der Waals surface area contributed by atoms with E-state index in [0.717, 1.165) is 18.7 Å². The van der Waals surface area contributed by atoms with E-state index in [1.807, 2.05) is 6.92 Å². The molecule has 0 saturated carbocycles. The fraction of sp³-hybridized carbons (Fsp3) is 0.571. The molecule has 1 fully saturated rings. The molecule has 0 spiro atoms. The number of nitrogens with zero attached hydrogens (tertiary/aromatic N) is 1. The lowest BCUT2D eigenvalue weighted by Crippen LogP contribution is -2.38. The average molecular weight is 263 g/mol. The summed E-state index contributed by atoms with van der Waals surface area (Å²) in [4.78, 5) is 15.7. The van der Waals surface area contributed by atoms with Gasteiger partial charge in [-0.3, -0.25) is 9.78 Å². The summed E-state index contributed by atoms with van der Waals surface area (Å²) >= 11 is 0. The number of amides is 1. The minimum Gasteiger partial charge on any atom is -0.491 e. The van der Waals surface area contributed by atoms with Crippen LogP contribution in [0.3, 0.4) is 0 Å². The Morgan fingerprint density at radius 1 is 1.53 bits per heavy atom. The maximum Gasteiger partial charge on any atom is 0.254 e. The highest BCUT2D eigenvalue weighted by Gasteiger charge is 2.18. The third-order valence-electron chi connectivity index (χ3n) is 3.39. The molecule has 3 N–H and O–H groups in total. The Morgan fingerprint density at radius 3 is 2.95 bits per heavy atom. The molecule has 2 rings (SSSR count). The molecule has 1 atom stereocenters. The molecule has 0 aromatic carbocycles. The zero-order valence-corrected chi connectivity index (χ0v) is 11.5. The van der Waals surface area contributed by atoms with E-state index >= 15 is 0 Å². The van der Waals surface area contributed by atoms with Crippen molar-refractivity contribution >= 4 is 5.91 Å². The Hall–Kier alpha value is -1.62. The molecule has 0 bridgehead atoms. The van der Waals surface area contributed by atoms with Crippen molar-refractivity contribution < 1.29 is 9.53 Å². The predicted octanol–water partition coefficient (Wildman–Crippen LogP) is 1.32. The Labute approximate surface area is 113 Å². The molecule has 1 aliphatic rings. The van der Waals surface area contributed by atoms with E-state index < -0.39 is 5.91 Å². The smallest absolute Gasteiger partial charge is 0.254 e. The van der Waals surface area contributed by atoms with Gasteiger partial charge in [-0.25, -0.2) is 0 Å². The fourth-order valence-corrected chi connectivity index (χ4v) is 2.46. The zero-order valence-electron chi connectivity index (χ0n) is 11.5. The number of nitrogens with one attached hydrogen (secondary N) is 1. The van der Waals surface area contributed by atoms with Crippen LogP contribution in [0.4, 0.5) is 0 Å². The molecule has 5 nitrogen and oxygen atoms in total. The number of piperidine rings is 1. The van der Waals surface area contributed by atoms with E-state index in [1.165, 1.54) is 12.8 Å². The van der Waals surface area contributed by atoms with E-state index in [-0.39, 0.29) is 0 Å². The molecular formula is C14H21N3O2. The molecule has 19 heavy (non-hydrogen) atoms. The minimum atomic E-state index is -0.489.